The van der Waals surface area contributed by atoms with E-state index in [0.717, 1.165) is 10.0 Å². The van der Waals surface area contributed by atoms with Crippen molar-refractivity contribution in [2.45, 2.75) is 45.7 Å². The molecule has 0 saturated carbocycles. The molecule has 2 amide bonds. The molecule has 6 nitrogen and oxygen atoms in total. The van der Waals surface area contributed by atoms with E-state index >= 15 is 0 Å². The fourth-order valence-corrected chi connectivity index (χ4v) is 2.90. The Kier molecular flexibility index (Phi) is 8.61. The third-order valence-electron chi connectivity index (χ3n) is 3.53. The van der Waals surface area contributed by atoms with Crippen LogP contribution in [0.3, 0.4) is 0 Å². The van der Waals surface area contributed by atoms with Gasteiger partial charge < -0.3 is 15.4 Å². The van der Waals surface area contributed by atoms with Gasteiger partial charge in [0.2, 0.25) is 11.8 Å². The predicted octanol–water partition coefficient (Wildman–Crippen LogP) is 2.20. The Bertz CT molecular complexity index is 619. The van der Waals surface area contributed by atoms with Crippen molar-refractivity contribution < 1.29 is 19.1 Å². The van der Waals surface area contributed by atoms with Crippen molar-refractivity contribution in [1.82, 2.24) is 10.6 Å². The molecule has 2 N–H and O–H groups in total. The highest BCUT2D eigenvalue weighted by molar-refractivity contribution is 9.10. The zero-order chi connectivity index (χ0) is 19.0. The fraction of sp³-hybridized carbons (Fsp3) is 0.500. The van der Waals surface area contributed by atoms with Crippen molar-refractivity contribution in [3.63, 3.8) is 0 Å². The molecular formula is C18H25BrN2O4. The van der Waals surface area contributed by atoms with Gasteiger partial charge in [-0.05, 0) is 30.0 Å². The molecule has 0 saturated heterocycles. The third-order valence-corrected chi connectivity index (χ3v) is 4.03. The molecule has 138 valence electrons. The Morgan fingerprint density at radius 2 is 1.84 bits per heavy atom. The van der Waals surface area contributed by atoms with E-state index in [-0.39, 0.29) is 11.8 Å². The van der Waals surface area contributed by atoms with Crippen LogP contribution in [0.1, 0.15) is 32.8 Å². The molecule has 0 spiro atoms. The Balaban J connectivity index is 2.89. The Morgan fingerprint density at radius 1 is 1.16 bits per heavy atom. The first-order valence-electron chi connectivity index (χ1n) is 8.12. The largest absolute Gasteiger partial charge is 0.467 e. The van der Waals surface area contributed by atoms with Crippen LogP contribution in [0.5, 0.6) is 0 Å². The second-order valence-electron chi connectivity index (χ2n) is 6.30. The van der Waals surface area contributed by atoms with E-state index in [2.05, 4.69) is 26.6 Å². The minimum absolute atomic E-state index is 0.212. The SMILES string of the molecule is COC(=O)[C@H](Cc1cccc(Br)c1)NC(=O)[C@H](CC(C)C)NC(C)=O. The number of methoxy groups -OCH3 is 1. The van der Waals surface area contributed by atoms with Gasteiger partial charge in [-0.1, -0.05) is 41.9 Å². The standard InChI is InChI=1S/C18H25BrN2O4/c1-11(2)8-15(20-12(3)22)17(23)21-16(18(24)25-4)10-13-6-5-7-14(19)9-13/h5-7,9,11,15-16H,8,10H2,1-4H3,(H,20,22)(H,21,23)/t15-,16-/m0/s1. The summed E-state index contributed by atoms with van der Waals surface area (Å²) in [6, 6.07) is 5.97. The fourth-order valence-electron chi connectivity index (χ4n) is 2.46. The summed E-state index contributed by atoms with van der Waals surface area (Å²) in [6.07, 6.45) is 0.780. The van der Waals surface area contributed by atoms with Gasteiger partial charge in [0.1, 0.15) is 12.1 Å². The summed E-state index contributed by atoms with van der Waals surface area (Å²) >= 11 is 3.38. The van der Waals surface area contributed by atoms with Gasteiger partial charge in [-0.2, -0.15) is 0 Å². The number of benzene rings is 1. The molecule has 0 unspecified atom stereocenters. The van der Waals surface area contributed by atoms with Crippen molar-refractivity contribution >= 4 is 33.7 Å². The third kappa shape index (κ3) is 7.69. The molecular weight excluding hydrogens is 388 g/mol. The minimum atomic E-state index is -0.824. The average Bonchev–Trinajstić information content (AvgIpc) is 2.52. The molecule has 0 fully saturated rings. The van der Waals surface area contributed by atoms with Crippen molar-refractivity contribution in [2.75, 3.05) is 7.11 Å². The van der Waals surface area contributed by atoms with Crippen LogP contribution in [-0.2, 0) is 25.5 Å². The van der Waals surface area contributed by atoms with Crippen LogP contribution in [0.2, 0.25) is 0 Å². The second-order valence-corrected chi connectivity index (χ2v) is 7.22. The number of amides is 2. The first-order valence-corrected chi connectivity index (χ1v) is 8.92. The molecule has 0 aromatic heterocycles. The van der Waals surface area contributed by atoms with Crippen LogP contribution in [0.15, 0.2) is 28.7 Å². The van der Waals surface area contributed by atoms with E-state index < -0.39 is 24.0 Å². The zero-order valence-corrected chi connectivity index (χ0v) is 16.6. The van der Waals surface area contributed by atoms with Crippen LogP contribution in [0.4, 0.5) is 0 Å². The lowest BCUT2D eigenvalue weighted by molar-refractivity contribution is -0.145. The number of carbonyl (C=O) groups excluding carboxylic acids is 3. The van der Waals surface area contributed by atoms with Crippen LogP contribution < -0.4 is 10.6 Å². The van der Waals surface area contributed by atoms with Gasteiger partial charge >= 0.3 is 5.97 Å². The first kappa shape index (κ1) is 21.2. The molecule has 0 radical (unpaired) electrons. The summed E-state index contributed by atoms with van der Waals surface area (Å²) in [7, 11) is 1.28. The molecule has 0 bridgehead atoms. The topological polar surface area (TPSA) is 84.5 Å². The van der Waals surface area contributed by atoms with Crippen molar-refractivity contribution in [3.8, 4) is 0 Å². The summed E-state index contributed by atoms with van der Waals surface area (Å²) in [6.45, 7) is 5.28. The number of carbonyl (C=O) groups is 3. The molecule has 1 aromatic carbocycles. The van der Waals surface area contributed by atoms with E-state index in [0.29, 0.717) is 12.8 Å². The maximum absolute atomic E-state index is 12.6. The highest BCUT2D eigenvalue weighted by Crippen LogP contribution is 2.14. The number of halogens is 1. The highest BCUT2D eigenvalue weighted by atomic mass is 79.9. The van der Waals surface area contributed by atoms with Gasteiger partial charge in [0.05, 0.1) is 7.11 Å². The summed E-state index contributed by atoms with van der Waals surface area (Å²) < 4.78 is 5.69. The lowest BCUT2D eigenvalue weighted by Gasteiger charge is -2.23. The number of hydrogen-bond donors (Lipinski definition) is 2. The maximum Gasteiger partial charge on any atom is 0.328 e. The van der Waals surface area contributed by atoms with Crippen molar-refractivity contribution in [2.24, 2.45) is 5.92 Å². The average molecular weight is 413 g/mol. The van der Waals surface area contributed by atoms with Gasteiger partial charge in [-0.3, -0.25) is 9.59 Å². The molecule has 7 heteroatoms. The number of hydrogen-bond acceptors (Lipinski definition) is 4. The zero-order valence-electron chi connectivity index (χ0n) is 15.0. The second kappa shape index (κ2) is 10.2. The predicted molar refractivity (Wildman–Crippen MR) is 98.9 cm³/mol. The van der Waals surface area contributed by atoms with Gasteiger partial charge in [0.15, 0.2) is 0 Å². The van der Waals surface area contributed by atoms with Crippen LogP contribution in [0.25, 0.3) is 0 Å². The first-order chi connectivity index (χ1) is 11.7. The van der Waals surface area contributed by atoms with E-state index in [1.807, 2.05) is 38.1 Å². The Labute approximate surface area is 156 Å². The summed E-state index contributed by atoms with van der Waals surface area (Å²) in [5, 5.41) is 5.34. The Hall–Kier alpha value is -1.89. The minimum Gasteiger partial charge on any atom is -0.467 e. The van der Waals surface area contributed by atoms with E-state index in [1.165, 1.54) is 14.0 Å². The molecule has 0 aliphatic rings. The van der Waals surface area contributed by atoms with Gasteiger partial charge in [0, 0.05) is 17.8 Å². The highest BCUT2D eigenvalue weighted by Gasteiger charge is 2.27. The summed E-state index contributed by atoms with van der Waals surface area (Å²) in [4.78, 5) is 36.0. The number of rotatable bonds is 8. The van der Waals surface area contributed by atoms with E-state index in [4.69, 9.17) is 4.74 Å². The van der Waals surface area contributed by atoms with Crippen molar-refractivity contribution in [1.29, 1.82) is 0 Å². The molecule has 0 heterocycles. The summed E-state index contributed by atoms with van der Waals surface area (Å²) in [5.74, 6) is -1.000. The molecule has 0 aliphatic heterocycles. The lowest BCUT2D eigenvalue weighted by atomic mass is 10.0. The summed E-state index contributed by atoms with van der Waals surface area (Å²) in [5.41, 5.74) is 0.880. The van der Waals surface area contributed by atoms with E-state index in [9.17, 15) is 14.4 Å². The van der Waals surface area contributed by atoms with E-state index in [1.54, 1.807) is 0 Å². The maximum atomic E-state index is 12.6. The molecule has 1 aromatic rings. The van der Waals surface area contributed by atoms with Crippen molar-refractivity contribution in [3.05, 3.63) is 34.3 Å². The number of esters is 1. The Morgan fingerprint density at radius 3 is 2.36 bits per heavy atom. The van der Waals surface area contributed by atoms with Crippen LogP contribution >= 0.6 is 15.9 Å². The smallest absolute Gasteiger partial charge is 0.328 e. The number of nitrogens with one attached hydrogen (secondary N) is 2. The molecule has 25 heavy (non-hydrogen) atoms. The molecule has 1 rings (SSSR count). The van der Waals surface area contributed by atoms with Crippen LogP contribution in [0, 0.1) is 5.92 Å². The normalized spacial score (nSPS) is 13.0. The van der Waals surface area contributed by atoms with Gasteiger partial charge in [0.25, 0.3) is 0 Å². The van der Waals surface area contributed by atoms with Gasteiger partial charge in [-0.15, -0.1) is 0 Å². The lowest BCUT2D eigenvalue weighted by Crippen LogP contribution is -2.52. The molecule has 0 aliphatic carbocycles. The van der Waals surface area contributed by atoms with Gasteiger partial charge in [-0.25, -0.2) is 4.79 Å². The quantitative estimate of drug-likeness (QED) is 0.640. The number of ether oxygens (including phenoxy) is 1. The monoisotopic (exact) mass is 412 g/mol. The molecule has 2 atom stereocenters. The van der Waals surface area contributed by atoms with Crippen LogP contribution in [-0.4, -0.2) is 37.0 Å².